The Hall–Kier alpha value is -0.480. The van der Waals surface area contributed by atoms with Crippen LogP contribution in [-0.4, -0.2) is 45.7 Å². The quantitative estimate of drug-likeness (QED) is 0.807. The second-order valence-corrected chi connectivity index (χ2v) is 10.1. The molecule has 0 radical (unpaired) electrons. The van der Waals surface area contributed by atoms with Crippen molar-refractivity contribution in [2.24, 2.45) is 5.73 Å². The summed E-state index contributed by atoms with van der Waals surface area (Å²) in [5.41, 5.74) is 6.33. The number of nitrogens with two attached hydrogens (primary N) is 1. The van der Waals surface area contributed by atoms with Crippen LogP contribution < -0.4 is 5.73 Å². The lowest BCUT2D eigenvalue weighted by Gasteiger charge is -2.23. The van der Waals surface area contributed by atoms with Gasteiger partial charge in [0.15, 0.2) is 9.84 Å². The van der Waals surface area contributed by atoms with Crippen LogP contribution in [0, 0.1) is 0 Å². The van der Waals surface area contributed by atoms with E-state index >= 15 is 0 Å². The molecule has 6 nitrogen and oxygen atoms in total. The third-order valence-electron chi connectivity index (χ3n) is 3.61. The fraction of sp³-hybridized carbons (Fsp3) is 0.500. The highest BCUT2D eigenvalue weighted by atomic mass is 79.9. The molecule has 1 aliphatic heterocycles. The summed E-state index contributed by atoms with van der Waals surface area (Å²) in [4.78, 5) is 0.117. The van der Waals surface area contributed by atoms with Gasteiger partial charge in [-0.3, -0.25) is 0 Å². The van der Waals surface area contributed by atoms with Crippen LogP contribution in [0.15, 0.2) is 27.6 Å². The van der Waals surface area contributed by atoms with Crippen LogP contribution in [0.3, 0.4) is 0 Å². The molecule has 1 aliphatic rings. The maximum Gasteiger partial charge on any atom is 0.244 e. The number of nitrogens with zero attached hydrogens (tertiary/aromatic N) is 1. The number of benzene rings is 1. The molecular formula is C12H17BrN2O4S2. The van der Waals surface area contributed by atoms with Gasteiger partial charge < -0.3 is 5.73 Å². The third kappa shape index (κ3) is 3.48. The van der Waals surface area contributed by atoms with E-state index in [0.717, 1.165) is 9.87 Å². The molecule has 21 heavy (non-hydrogen) atoms. The van der Waals surface area contributed by atoms with Gasteiger partial charge in [-0.25, -0.2) is 16.8 Å². The van der Waals surface area contributed by atoms with Crippen molar-refractivity contribution in [3.05, 3.63) is 28.2 Å². The van der Waals surface area contributed by atoms with E-state index < -0.39 is 25.9 Å². The molecule has 0 amide bonds. The molecule has 0 aliphatic carbocycles. The minimum absolute atomic E-state index is 0.0325. The van der Waals surface area contributed by atoms with Crippen molar-refractivity contribution >= 4 is 35.8 Å². The van der Waals surface area contributed by atoms with Gasteiger partial charge in [0.05, 0.1) is 16.4 Å². The van der Waals surface area contributed by atoms with E-state index in [1.165, 1.54) is 13.1 Å². The predicted octanol–water partition coefficient (Wildman–Crippen LogP) is 0.715. The van der Waals surface area contributed by atoms with E-state index in [1.807, 2.05) is 0 Å². The maximum atomic E-state index is 12.6. The van der Waals surface area contributed by atoms with Crippen molar-refractivity contribution in [2.75, 3.05) is 18.6 Å². The van der Waals surface area contributed by atoms with E-state index in [1.54, 1.807) is 12.1 Å². The molecule has 2 N–H and O–H groups in total. The summed E-state index contributed by atoms with van der Waals surface area (Å²) in [6.45, 7) is 0.315. The first kappa shape index (κ1) is 16.9. The fourth-order valence-electron chi connectivity index (χ4n) is 2.29. The third-order valence-corrected chi connectivity index (χ3v) is 8.25. The lowest BCUT2D eigenvalue weighted by atomic mass is 10.2. The summed E-state index contributed by atoms with van der Waals surface area (Å²) < 4.78 is 49.9. The van der Waals surface area contributed by atoms with Gasteiger partial charge in [-0.1, -0.05) is 6.07 Å². The van der Waals surface area contributed by atoms with Crippen LogP contribution in [0.25, 0.3) is 0 Å². The summed E-state index contributed by atoms with van der Waals surface area (Å²) >= 11 is 3.24. The van der Waals surface area contributed by atoms with Crippen molar-refractivity contribution < 1.29 is 16.8 Å². The summed E-state index contributed by atoms with van der Waals surface area (Å²) in [6.07, 6.45) is 0.330. The topological polar surface area (TPSA) is 97.5 Å². The van der Waals surface area contributed by atoms with Crippen molar-refractivity contribution in [3.63, 3.8) is 0 Å². The molecule has 1 atom stereocenters. The second kappa shape index (κ2) is 5.96. The molecule has 0 bridgehead atoms. The van der Waals surface area contributed by atoms with Crippen molar-refractivity contribution in [1.29, 1.82) is 0 Å². The number of hydrogen-bond acceptors (Lipinski definition) is 5. The highest BCUT2D eigenvalue weighted by Gasteiger charge is 2.37. The Morgan fingerprint density at radius 2 is 2.10 bits per heavy atom. The Bertz CT molecular complexity index is 747. The molecule has 9 heteroatoms. The average Bonchev–Trinajstić information content (AvgIpc) is 2.77. The zero-order chi connectivity index (χ0) is 15.8. The molecule has 0 aromatic heterocycles. The van der Waals surface area contributed by atoms with Gasteiger partial charge >= 0.3 is 0 Å². The molecule has 1 heterocycles. The van der Waals surface area contributed by atoms with Gasteiger partial charge in [-0.2, -0.15) is 4.31 Å². The normalized spacial score (nSPS) is 21.8. The van der Waals surface area contributed by atoms with Crippen LogP contribution >= 0.6 is 15.9 Å². The maximum absolute atomic E-state index is 12.6. The molecular weight excluding hydrogens is 380 g/mol. The molecule has 0 spiro atoms. The first-order valence-corrected chi connectivity index (χ1v) is 10.4. The van der Waals surface area contributed by atoms with E-state index in [0.29, 0.717) is 17.4 Å². The standard InChI is InChI=1S/C12H17BrN2O4S2/c1-15(10-4-5-20(16,17)8-10)21(18,19)12-3-2-9(7-14)6-11(12)13/h2-3,6,10H,4-5,7-8,14H2,1H3. The van der Waals surface area contributed by atoms with Crippen molar-refractivity contribution in [1.82, 2.24) is 4.31 Å². The SMILES string of the molecule is CN(C1CCS(=O)(=O)C1)S(=O)(=O)c1ccc(CN)cc1Br. The van der Waals surface area contributed by atoms with Crippen LogP contribution in [0.2, 0.25) is 0 Å². The van der Waals surface area contributed by atoms with Crippen LogP contribution in [0.5, 0.6) is 0 Å². The Kier molecular flexibility index (Phi) is 4.79. The zero-order valence-corrected chi connectivity index (χ0v) is 14.7. The summed E-state index contributed by atoms with van der Waals surface area (Å²) in [7, 11) is -5.46. The van der Waals surface area contributed by atoms with Crippen molar-refractivity contribution in [3.8, 4) is 0 Å². The fourth-order valence-corrected chi connectivity index (χ4v) is 6.63. The van der Waals surface area contributed by atoms with E-state index in [9.17, 15) is 16.8 Å². The Morgan fingerprint density at radius 1 is 1.43 bits per heavy atom. The smallest absolute Gasteiger partial charge is 0.244 e. The number of rotatable bonds is 4. The Balaban J connectivity index is 2.34. The predicted molar refractivity (Wildman–Crippen MR) is 84.0 cm³/mol. The van der Waals surface area contributed by atoms with Crippen LogP contribution in [0.4, 0.5) is 0 Å². The van der Waals surface area contributed by atoms with Gasteiger partial charge in [0, 0.05) is 24.1 Å². The second-order valence-electron chi connectivity index (χ2n) is 5.05. The van der Waals surface area contributed by atoms with Gasteiger partial charge in [0.2, 0.25) is 10.0 Å². The van der Waals surface area contributed by atoms with E-state index in [2.05, 4.69) is 15.9 Å². The number of hydrogen-bond donors (Lipinski definition) is 1. The van der Waals surface area contributed by atoms with E-state index in [4.69, 9.17) is 5.73 Å². The first-order chi connectivity index (χ1) is 9.67. The highest BCUT2D eigenvalue weighted by molar-refractivity contribution is 9.10. The molecule has 1 aromatic rings. The first-order valence-electron chi connectivity index (χ1n) is 6.34. The number of sulfonamides is 1. The summed E-state index contributed by atoms with van der Waals surface area (Å²) in [5.74, 6) is -0.0912. The lowest BCUT2D eigenvalue weighted by molar-refractivity contribution is 0.393. The van der Waals surface area contributed by atoms with Gasteiger partial charge in [0.25, 0.3) is 0 Å². The lowest BCUT2D eigenvalue weighted by Crippen LogP contribution is -2.37. The van der Waals surface area contributed by atoms with Crippen LogP contribution in [-0.2, 0) is 26.4 Å². The zero-order valence-electron chi connectivity index (χ0n) is 11.5. The van der Waals surface area contributed by atoms with Gasteiger partial charge in [0.1, 0.15) is 0 Å². The van der Waals surface area contributed by atoms with Crippen molar-refractivity contribution in [2.45, 2.75) is 23.9 Å². The molecule has 1 saturated heterocycles. The number of halogens is 1. The largest absolute Gasteiger partial charge is 0.326 e. The molecule has 1 aromatic carbocycles. The molecule has 1 fully saturated rings. The molecule has 1 unspecified atom stereocenters. The molecule has 2 rings (SSSR count). The minimum atomic E-state index is -3.75. The Morgan fingerprint density at radius 3 is 2.57 bits per heavy atom. The Labute approximate surface area is 133 Å². The molecule has 0 saturated carbocycles. The highest BCUT2D eigenvalue weighted by Crippen LogP contribution is 2.29. The average molecular weight is 397 g/mol. The van der Waals surface area contributed by atoms with Crippen LogP contribution in [0.1, 0.15) is 12.0 Å². The van der Waals surface area contributed by atoms with Gasteiger partial charge in [-0.15, -0.1) is 0 Å². The summed E-state index contributed by atoms with van der Waals surface area (Å²) in [5, 5.41) is 0. The summed E-state index contributed by atoms with van der Waals surface area (Å²) in [6, 6.07) is 4.28. The number of sulfone groups is 1. The van der Waals surface area contributed by atoms with E-state index in [-0.39, 0.29) is 16.4 Å². The minimum Gasteiger partial charge on any atom is -0.326 e. The van der Waals surface area contributed by atoms with Gasteiger partial charge in [-0.05, 0) is 40.0 Å². The monoisotopic (exact) mass is 396 g/mol. The molecule has 118 valence electrons.